The Morgan fingerprint density at radius 3 is 2.62 bits per heavy atom. The standard InChI is InChI=1S/C20H22FN3O2/c1-2-14-6-8-15(9-7-14)19(16-4-3-5-17(21)12-16)23-13-18(25)24-11-10-22-20(24)26/h3-9,12,19,23H,2,10-11,13H2,1H3,(H,22,26)/t19-/m0/s1. The van der Waals surface area contributed by atoms with Gasteiger partial charge in [0.05, 0.1) is 12.6 Å². The number of carbonyl (C=O) groups excluding carboxylic acids is 2. The molecule has 0 aromatic heterocycles. The molecule has 6 heteroatoms. The molecule has 1 aliphatic heterocycles. The first-order chi connectivity index (χ1) is 12.6. The number of hydrogen-bond donors (Lipinski definition) is 2. The van der Waals surface area contributed by atoms with E-state index in [4.69, 9.17) is 0 Å². The van der Waals surface area contributed by atoms with E-state index in [2.05, 4.69) is 17.6 Å². The molecule has 0 bridgehead atoms. The molecule has 1 atom stereocenters. The fraction of sp³-hybridized carbons (Fsp3) is 0.300. The van der Waals surface area contributed by atoms with Crippen molar-refractivity contribution in [2.75, 3.05) is 19.6 Å². The van der Waals surface area contributed by atoms with Crippen molar-refractivity contribution in [1.29, 1.82) is 0 Å². The van der Waals surface area contributed by atoms with Crippen molar-refractivity contribution in [3.63, 3.8) is 0 Å². The normalized spacial score (nSPS) is 15.0. The number of aryl methyl sites for hydroxylation is 1. The SMILES string of the molecule is CCc1ccc([C@H](NCC(=O)N2CCNC2=O)c2cccc(F)c2)cc1. The zero-order valence-electron chi connectivity index (χ0n) is 14.7. The van der Waals surface area contributed by atoms with Crippen molar-refractivity contribution in [2.24, 2.45) is 0 Å². The van der Waals surface area contributed by atoms with E-state index in [0.29, 0.717) is 13.1 Å². The van der Waals surface area contributed by atoms with Gasteiger partial charge in [0.1, 0.15) is 5.82 Å². The highest BCUT2D eigenvalue weighted by molar-refractivity contribution is 5.96. The zero-order chi connectivity index (χ0) is 18.5. The van der Waals surface area contributed by atoms with Gasteiger partial charge < -0.3 is 5.32 Å². The summed E-state index contributed by atoms with van der Waals surface area (Å²) in [5, 5.41) is 5.79. The molecule has 2 N–H and O–H groups in total. The Morgan fingerprint density at radius 2 is 2.00 bits per heavy atom. The Bertz CT molecular complexity index is 792. The molecular formula is C20H22FN3O2. The van der Waals surface area contributed by atoms with Crippen LogP contribution in [0.4, 0.5) is 9.18 Å². The van der Waals surface area contributed by atoms with E-state index in [9.17, 15) is 14.0 Å². The van der Waals surface area contributed by atoms with Gasteiger partial charge in [0.2, 0.25) is 5.91 Å². The van der Waals surface area contributed by atoms with Gasteiger partial charge in [0.15, 0.2) is 0 Å². The predicted octanol–water partition coefficient (Wildman–Crippen LogP) is 2.62. The minimum atomic E-state index is -0.369. The third-order valence-corrected chi connectivity index (χ3v) is 4.52. The van der Waals surface area contributed by atoms with E-state index in [0.717, 1.165) is 17.5 Å². The van der Waals surface area contributed by atoms with E-state index in [1.165, 1.54) is 22.6 Å². The first kappa shape index (κ1) is 18.1. The minimum absolute atomic E-state index is 0.00979. The van der Waals surface area contributed by atoms with Crippen molar-refractivity contribution in [3.8, 4) is 0 Å². The Hall–Kier alpha value is -2.73. The summed E-state index contributed by atoms with van der Waals surface area (Å²) in [4.78, 5) is 25.1. The van der Waals surface area contributed by atoms with Crippen LogP contribution in [0.25, 0.3) is 0 Å². The molecule has 3 rings (SSSR count). The number of urea groups is 1. The van der Waals surface area contributed by atoms with Gasteiger partial charge in [-0.05, 0) is 35.2 Å². The molecule has 1 fully saturated rings. The molecule has 1 heterocycles. The van der Waals surface area contributed by atoms with Gasteiger partial charge in [0, 0.05) is 13.1 Å². The average Bonchev–Trinajstić information content (AvgIpc) is 3.08. The molecule has 2 aromatic rings. The van der Waals surface area contributed by atoms with Gasteiger partial charge in [-0.2, -0.15) is 0 Å². The Balaban J connectivity index is 1.80. The molecule has 136 valence electrons. The second-order valence-corrected chi connectivity index (χ2v) is 6.24. The molecule has 0 aliphatic carbocycles. The lowest BCUT2D eigenvalue weighted by molar-refractivity contribution is -0.126. The van der Waals surface area contributed by atoms with Crippen LogP contribution >= 0.6 is 0 Å². The number of amides is 3. The van der Waals surface area contributed by atoms with Crippen LogP contribution in [0.2, 0.25) is 0 Å². The van der Waals surface area contributed by atoms with E-state index in [1.807, 2.05) is 30.3 Å². The van der Waals surface area contributed by atoms with Crippen LogP contribution in [-0.2, 0) is 11.2 Å². The molecule has 0 radical (unpaired) electrons. The van der Waals surface area contributed by atoms with Gasteiger partial charge in [-0.3, -0.25) is 15.0 Å². The second kappa shape index (κ2) is 8.10. The summed E-state index contributed by atoms with van der Waals surface area (Å²) < 4.78 is 13.7. The van der Waals surface area contributed by atoms with Crippen LogP contribution in [0.5, 0.6) is 0 Å². The lowest BCUT2D eigenvalue weighted by Gasteiger charge is -2.21. The van der Waals surface area contributed by atoms with Gasteiger partial charge in [-0.25, -0.2) is 9.18 Å². The molecule has 3 amide bonds. The third-order valence-electron chi connectivity index (χ3n) is 4.52. The molecule has 1 saturated heterocycles. The molecule has 0 saturated carbocycles. The highest BCUT2D eigenvalue weighted by Gasteiger charge is 2.26. The average molecular weight is 355 g/mol. The van der Waals surface area contributed by atoms with Gasteiger partial charge in [0.25, 0.3) is 0 Å². The highest BCUT2D eigenvalue weighted by atomic mass is 19.1. The zero-order valence-corrected chi connectivity index (χ0v) is 14.7. The fourth-order valence-electron chi connectivity index (χ4n) is 3.05. The van der Waals surface area contributed by atoms with Crippen LogP contribution in [0.1, 0.15) is 29.7 Å². The number of rotatable bonds is 6. The van der Waals surface area contributed by atoms with E-state index in [1.54, 1.807) is 6.07 Å². The number of nitrogens with zero attached hydrogens (tertiary/aromatic N) is 1. The van der Waals surface area contributed by atoms with Crippen LogP contribution in [-0.4, -0.2) is 36.5 Å². The highest BCUT2D eigenvalue weighted by Crippen LogP contribution is 2.23. The molecule has 1 aliphatic rings. The number of halogens is 1. The number of imide groups is 1. The Morgan fingerprint density at radius 1 is 1.23 bits per heavy atom. The molecule has 0 spiro atoms. The van der Waals surface area contributed by atoms with Gasteiger partial charge >= 0.3 is 6.03 Å². The predicted molar refractivity (Wildman–Crippen MR) is 97.2 cm³/mol. The van der Waals surface area contributed by atoms with Crippen LogP contribution < -0.4 is 10.6 Å². The number of benzene rings is 2. The maximum absolute atomic E-state index is 13.7. The summed E-state index contributed by atoms with van der Waals surface area (Å²) in [6.45, 7) is 2.91. The maximum atomic E-state index is 13.7. The first-order valence-electron chi connectivity index (χ1n) is 8.74. The lowest BCUT2D eigenvalue weighted by Crippen LogP contribution is -2.41. The second-order valence-electron chi connectivity index (χ2n) is 6.24. The van der Waals surface area contributed by atoms with E-state index >= 15 is 0 Å². The minimum Gasteiger partial charge on any atom is -0.336 e. The molecule has 5 nitrogen and oxygen atoms in total. The Labute approximate surface area is 152 Å². The summed E-state index contributed by atoms with van der Waals surface area (Å²) in [7, 11) is 0. The lowest BCUT2D eigenvalue weighted by atomic mass is 9.97. The smallest absolute Gasteiger partial charge is 0.324 e. The largest absolute Gasteiger partial charge is 0.336 e. The summed E-state index contributed by atoms with van der Waals surface area (Å²) in [6, 6.07) is 13.6. The van der Waals surface area contributed by atoms with E-state index < -0.39 is 0 Å². The Kier molecular flexibility index (Phi) is 5.63. The summed E-state index contributed by atoms with van der Waals surface area (Å²) >= 11 is 0. The van der Waals surface area contributed by atoms with Crippen molar-refractivity contribution >= 4 is 11.9 Å². The molecule has 26 heavy (non-hydrogen) atoms. The molecule has 2 aromatic carbocycles. The van der Waals surface area contributed by atoms with Crippen LogP contribution in [0.15, 0.2) is 48.5 Å². The van der Waals surface area contributed by atoms with Crippen molar-refractivity contribution in [3.05, 3.63) is 71.0 Å². The molecular weight excluding hydrogens is 333 g/mol. The van der Waals surface area contributed by atoms with E-state index in [-0.39, 0.29) is 30.3 Å². The summed E-state index contributed by atoms with van der Waals surface area (Å²) in [5.41, 5.74) is 2.87. The van der Waals surface area contributed by atoms with Crippen LogP contribution in [0, 0.1) is 5.82 Å². The molecule has 0 unspecified atom stereocenters. The summed E-state index contributed by atoms with van der Waals surface area (Å²) in [5.74, 6) is -0.628. The topological polar surface area (TPSA) is 61.4 Å². The number of hydrogen-bond acceptors (Lipinski definition) is 3. The fourth-order valence-corrected chi connectivity index (χ4v) is 3.05. The quantitative estimate of drug-likeness (QED) is 0.837. The van der Waals surface area contributed by atoms with Crippen molar-refractivity contribution in [1.82, 2.24) is 15.5 Å². The van der Waals surface area contributed by atoms with Crippen molar-refractivity contribution in [2.45, 2.75) is 19.4 Å². The van der Waals surface area contributed by atoms with Gasteiger partial charge in [-0.15, -0.1) is 0 Å². The third kappa shape index (κ3) is 4.08. The van der Waals surface area contributed by atoms with Gasteiger partial charge in [-0.1, -0.05) is 43.3 Å². The first-order valence-corrected chi connectivity index (χ1v) is 8.74. The maximum Gasteiger partial charge on any atom is 0.324 e. The number of carbonyl (C=O) groups is 2. The van der Waals surface area contributed by atoms with Crippen LogP contribution in [0.3, 0.4) is 0 Å². The monoisotopic (exact) mass is 355 g/mol. The summed E-state index contributed by atoms with van der Waals surface area (Å²) in [6.07, 6.45) is 0.931. The van der Waals surface area contributed by atoms with Crippen molar-refractivity contribution < 1.29 is 14.0 Å². The number of nitrogens with one attached hydrogen (secondary N) is 2.